The number of nitrogens with one attached hydrogen (secondary N) is 1. The fourth-order valence-corrected chi connectivity index (χ4v) is 1.97. The third-order valence-electron chi connectivity index (χ3n) is 3.12. The number of aliphatic hydroxyl groups is 1. The Hall–Kier alpha value is -1.48. The number of hydrazine groups is 1. The van der Waals surface area contributed by atoms with E-state index in [9.17, 15) is 4.79 Å². The molecule has 0 radical (unpaired) electrons. The van der Waals surface area contributed by atoms with Crippen molar-refractivity contribution in [1.82, 2.24) is 15.5 Å². The van der Waals surface area contributed by atoms with Gasteiger partial charge in [0.15, 0.2) is 11.5 Å². The van der Waals surface area contributed by atoms with Gasteiger partial charge in [0.05, 0.1) is 25.9 Å². The maximum absolute atomic E-state index is 11.3. The lowest BCUT2D eigenvalue weighted by molar-refractivity contribution is -0.0823. The predicted octanol–water partition coefficient (Wildman–Crippen LogP) is -1.14. The van der Waals surface area contributed by atoms with E-state index >= 15 is 0 Å². The Kier molecular flexibility index (Phi) is 4.48. The molecule has 2 atom stereocenters. The van der Waals surface area contributed by atoms with Crippen LogP contribution in [0.4, 0.5) is 0 Å². The average molecular weight is 270 g/mol. The molecule has 1 saturated heterocycles. The normalized spacial score (nSPS) is 24.4. The minimum absolute atomic E-state index is 0.0134. The standard InChI is InChI=1S/C11H18N4O4/c1-7-6-18-9(5-16)4-15(7)3-8-2-10(14-19-8)11(17)13-12/h2,7,9,16H,3-6,12H2,1H3,(H,13,17). The number of aromatic nitrogens is 1. The molecular formula is C11H18N4O4. The van der Waals surface area contributed by atoms with Crippen LogP contribution in [0.2, 0.25) is 0 Å². The van der Waals surface area contributed by atoms with Crippen molar-refractivity contribution in [3.63, 3.8) is 0 Å². The van der Waals surface area contributed by atoms with E-state index in [0.717, 1.165) is 0 Å². The zero-order valence-electron chi connectivity index (χ0n) is 10.7. The minimum atomic E-state index is -0.488. The van der Waals surface area contributed by atoms with Gasteiger partial charge >= 0.3 is 0 Å². The number of carbonyl (C=O) groups is 1. The summed E-state index contributed by atoms with van der Waals surface area (Å²) in [5.41, 5.74) is 2.15. The number of carbonyl (C=O) groups excluding carboxylic acids is 1. The van der Waals surface area contributed by atoms with E-state index in [2.05, 4.69) is 10.1 Å². The Morgan fingerprint density at radius 1 is 1.74 bits per heavy atom. The molecule has 1 amide bonds. The molecule has 1 aromatic rings. The van der Waals surface area contributed by atoms with Crippen LogP contribution in [-0.4, -0.2) is 53.0 Å². The van der Waals surface area contributed by atoms with Gasteiger partial charge in [0, 0.05) is 18.7 Å². The Bertz CT molecular complexity index is 436. The van der Waals surface area contributed by atoms with Gasteiger partial charge in [-0.2, -0.15) is 0 Å². The van der Waals surface area contributed by atoms with Gasteiger partial charge in [0.25, 0.3) is 5.91 Å². The molecule has 4 N–H and O–H groups in total. The fourth-order valence-electron chi connectivity index (χ4n) is 1.97. The van der Waals surface area contributed by atoms with Crippen LogP contribution in [0.25, 0.3) is 0 Å². The molecule has 19 heavy (non-hydrogen) atoms. The number of nitrogen functional groups attached to an aromatic ring is 1. The average Bonchev–Trinajstić information content (AvgIpc) is 2.89. The smallest absolute Gasteiger partial charge is 0.287 e. The molecule has 0 aromatic carbocycles. The van der Waals surface area contributed by atoms with Crippen molar-refractivity contribution in [2.24, 2.45) is 5.84 Å². The third-order valence-corrected chi connectivity index (χ3v) is 3.12. The molecule has 1 aliphatic heterocycles. The molecule has 1 aromatic heterocycles. The molecular weight excluding hydrogens is 252 g/mol. The summed E-state index contributed by atoms with van der Waals surface area (Å²) in [4.78, 5) is 13.4. The molecule has 0 spiro atoms. The van der Waals surface area contributed by atoms with Crippen LogP contribution in [0.15, 0.2) is 10.6 Å². The SMILES string of the molecule is CC1COC(CO)CN1Cc1cc(C(=O)NN)no1. The van der Waals surface area contributed by atoms with Crippen LogP contribution in [0.1, 0.15) is 23.2 Å². The monoisotopic (exact) mass is 270 g/mol. The summed E-state index contributed by atoms with van der Waals surface area (Å²) in [7, 11) is 0. The summed E-state index contributed by atoms with van der Waals surface area (Å²) in [6.07, 6.45) is -0.189. The summed E-state index contributed by atoms with van der Waals surface area (Å²) in [6, 6.07) is 1.76. The summed E-state index contributed by atoms with van der Waals surface area (Å²) in [5, 5.41) is 12.8. The van der Waals surface area contributed by atoms with Crippen LogP contribution in [0.3, 0.4) is 0 Å². The van der Waals surface area contributed by atoms with Gasteiger partial charge in [-0.15, -0.1) is 0 Å². The van der Waals surface area contributed by atoms with E-state index in [1.54, 1.807) is 6.07 Å². The number of hydrogen-bond donors (Lipinski definition) is 3. The first-order valence-electron chi connectivity index (χ1n) is 6.07. The summed E-state index contributed by atoms with van der Waals surface area (Å²) >= 11 is 0. The number of nitrogens with two attached hydrogens (primary N) is 1. The van der Waals surface area contributed by atoms with Crippen molar-refractivity contribution in [1.29, 1.82) is 0 Å². The number of rotatable bonds is 4. The van der Waals surface area contributed by atoms with Gasteiger partial charge in [-0.05, 0) is 6.92 Å². The lowest BCUT2D eigenvalue weighted by atomic mass is 10.2. The van der Waals surface area contributed by atoms with E-state index in [4.69, 9.17) is 20.2 Å². The molecule has 8 nitrogen and oxygen atoms in total. The van der Waals surface area contributed by atoms with Crippen molar-refractivity contribution < 1.29 is 19.2 Å². The van der Waals surface area contributed by atoms with E-state index in [1.165, 1.54) is 0 Å². The first-order chi connectivity index (χ1) is 9.13. The van der Waals surface area contributed by atoms with E-state index in [0.29, 0.717) is 25.5 Å². The zero-order chi connectivity index (χ0) is 13.8. The van der Waals surface area contributed by atoms with Crippen LogP contribution in [0, 0.1) is 0 Å². The first-order valence-corrected chi connectivity index (χ1v) is 6.07. The highest BCUT2D eigenvalue weighted by atomic mass is 16.5. The molecule has 1 fully saturated rings. The highest BCUT2D eigenvalue weighted by Gasteiger charge is 2.26. The lowest BCUT2D eigenvalue weighted by Crippen LogP contribution is -2.48. The van der Waals surface area contributed by atoms with Crippen molar-refractivity contribution in [2.45, 2.75) is 25.6 Å². The molecule has 1 aliphatic rings. The second-order valence-electron chi connectivity index (χ2n) is 4.57. The van der Waals surface area contributed by atoms with Crippen molar-refractivity contribution >= 4 is 5.91 Å². The van der Waals surface area contributed by atoms with Gasteiger partial charge in [-0.3, -0.25) is 15.1 Å². The Morgan fingerprint density at radius 3 is 3.21 bits per heavy atom. The second kappa shape index (κ2) is 6.11. The van der Waals surface area contributed by atoms with Crippen molar-refractivity contribution in [3.05, 3.63) is 17.5 Å². The van der Waals surface area contributed by atoms with Gasteiger partial charge < -0.3 is 14.4 Å². The highest BCUT2D eigenvalue weighted by Crippen LogP contribution is 2.16. The van der Waals surface area contributed by atoms with Crippen molar-refractivity contribution in [2.75, 3.05) is 19.8 Å². The predicted molar refractivity (Wildman–Crippen MR) is 64.9 cm³/mol. The summed E-state index contributed by atoms with van der Waals surface area (Å²) in [5.74, 6) is 5.11. The van der Waals surface area contributed by atoms with Gasteiger partial charge in [0.2, 0.25) is 0 Å². The fraction of sp³-hybridized carbons (Fsp3) is 0.636. The largest absolute Gasteiger partial charge is 0.394 e. The van der Waals surface area contributed by atoms with E-state index in [1.807, 2.05) is 12.3 Å². The number of amides is 1. The van der Waals surface area contributed by atoms with Crippen LogP contribution < -0.4 is 11.3 Å². The Morgan fingerprint density at radius 2 is 2.53 bits per heavy atom. The first kappa shape index (κ1) is 13.9. The number of nitrogens with zero attached hydrogens (tertiary/aromatic N) is 2. The Labute approximate surface area is 110 Å². The Balaban J connectivity index is 1.99. The van der Waals surface area contributed by atoms with Crippen LogP contribution in [-0.2, 0) is 11.3 Å². The van der Waals surface area contributed by atoms with E-state index in [-0.39, 0.29) is 24.4 Å². The summed E-state index contributed by atoms with van der Waals surface area (Å²) in [6.45, 7) is 3.68. The topological polar surface area (TPSA) is 114 Å². The number of morpholine rings is 1. The molecule has 106 valence electrons. The highest BCUT2D eigenvalue weighted by molar-refractivity contribution is 5.91. The lowest BCUT2D eigenvalue weighted by Gasteiger charge is -2.36. The van der Waals surface area contributed by atoms with Gasteiger partial charge in [0.1, 0.15) is 0 Å². The van der Waals surface area contributed by atoms with Crippen LogP contribution >= 0.6 is 0 Å². The van der Waals surface area contributed by atoms with Crippen molar-refractivity contribution in [3.8, 4) is 0 Å². The minimum Gasteiger partial charge on any atom is -0.394 e. The number of ether oxygens (including phenoxy) is 1. The maximum atomic E-state index is 11.3. The molecule has 0 aliphatic carbocycles. The second-order valence-corrected chi connectivity index (χ2v) is 4.57. The van der Waals surface area contributed by atoms with Gasteiger partial charge in [-0.1, -0.05) is 5.16 Å². The number of hydrogen-bond acceptors (Lipinski definition) is 7. The third kappa shape index (κ3) is 3.29. The maximum Gasteiger partial charge on any atom is 0.287 e. The number of aliphatic hydroxyl groups excluding tert-OH is 1. The zero-order valence-corrected chi connectivity index (χ0v) is 10.7. The van der Waals surface area contributed by atoms with Crippen LogP contribution in [0.5, 0.6) is 0 Å². The van der Waals surface area contributed by atoms with Gasteiger partial charge in [-0.25, -0.2) is 5.84 Å². The molecule has 0 saturated carbocycles. The molecule has 8 heteroatoms. The molecule has 2 heterocycles. The molecule has 0 bridgehead atoms. The van der Waals surface area contributed by atoms with E-state index < -0.39 is 5.91 Å². The molecule has 2 unspecified atom stereocenters. The molecule has 2 rings (SSSR count). The quantitative estimate of drug-likeness (QED) is 0.360. The summed E-state index contributed by atoms with van der Waals surface area (Å²) < 4.78 is 10.5.